The minimum absolute atomic E-state index is 0.366. The quantitative estimate of drug-likeness (QED) is 0.847. The molecule has 0 bridgehead atoms. The van der Waals surface area contributed by atoms with Crippen LogP contribution in [0.15, 0.2) is 53.0 Å². The highest BCUT2D eigenvalue weighted by Gasteiger charge is 2.15. The Morgan fingerprint density at radius 3 is 2.26 bits per heavy atom. The van der Waals surface area contributed by atoms with Crippen molar-refractivity contribution in [1.29, 1.82) is 0 Å². The molecule has 0 spiro atoms. The number of hydrogen-bond acceptors (Lipinski definition) is 1. The van der Waals surface area contributed by atoms with Gasteiger partial charge in [-0.25, -0.2) is 0 Å². The summed E-state index contributed by atoms with van der Waals surface area (Å²) in [4.78, 5) is 0. The van der Waals surface area contributed by atoms with Gasteiger partial charge in [-0.1, -0.05) is 59.3 Å². The Kier molecular flexibility index (Phi) is 4.78. The summed E-state index contributed by atoms with van der Waals surface area (Å²) in [6.45, 7) is 4.47. The Balaban J connectivity index is 2.41. The van der Waals surface area contributed by atoms with Crippen LogP contribution in [0.2, 0.25) is 0 Å². The van der Waals surface area contributed by atoms with Crippen LogP contribution in [0, 0.1) is 0 Å². The first-order valence-corrected chi connectivity index (χ1v) is 7.44. The third-order valence-corrected chi connectivity index (χ3v) is 4.20. The Bertz CT molecular complexity index is 550. The average molecular weight is 318 g/mol. The predicted molar refractivity (Wildman–Crippen MR) is 85.6 cm³/mol. The highest BCUT2D eigenvalue weighted by atomic mass is 79.9. The number of nitrogens with one attached hydrogen (secondary N) is 1. The summed E-state index contributed by atoms with van der Waals surface area (Å²) in [5.41, 5.74) is 4.10. The normalized spacial score (nSPS) is 14.1. The van der Waals surface area contributed by atoms with E-state index in [1.54, 1.807) is 0 Å². The van der Waals surface area contributed by atoms with Crippen LogP contribution in [0.4, 0.5) is 0 Å². The van der Waals surface area contributed by atoms with Gasteiger partial charge in [0.1, 0.15) is 0 Å². The van der Waals surface area contributed by atoms with E-state index in [2.05, 4.69) is 83.6 Å². The Morgan fingerprint density at radius 2 is 1.63 bits per heavy atom. The largest absolute Gasteiger partial charge is 0.313 e. The molecule has 0 heterocycles. The number of halogens is 1. The van der Waals surface area contributed by atoms with Crippen molar-refractivity contribution in [3.05, 3.63) is 69.7 Å². The summed E-state index contributed by atoms with van der Waals surface area (Å²) in [6.07, 6.45) is 0. The van der Waals surface area contributed by atoms with Gasteiger partial charge in [0, 0.05) is 16.4 Å². The fourth-order valence-electron chi connectivity index (χ4n) is 2.41. The SMILES string of the molecule is CNC(C)c1ccccc1C(C)c1cccc(Br)c1. The van der Waals surface area contributed by atoms with Crippen LogP contribution in [0.1, 0.15) is 42.5 Å². The molecule has 2 aromatic rings. The van der Waals surface area contributed by atoms with Crippen LogP contribution in [-0.2, 0) is 0 Å². The maximum atomic E-state index is 3.55. The lowest BCUT2D eigenvalue weighted by Gasteiger charge is -2.21. The third kappa shape index (κ3) is 3.26. The minimum Gasteiger partial charge on any atom is -0.313 e. The molecule has 2 unspecified atom stereocenters. The lowest BCUT2D eigenvalue weighted by atomic mass is 9.87. The first kappa shape index (κ1) is 14.3. The Hall–Kier alpha value is -1.12. The van der Waals surface area contributed by atoms with Crippen LogP contribution in [0.5, 0.6) is 0 Å². The average Bonchev–Trinajstić information content (AvgIpc) is 2.45. The zero-order valence-electron chi connectivity index (χ0n) is 11.7. The van der Waals surface area contributed by atoms with E-state index >= 15 is 0 Å². The smallest absolute Gasteiger partial charge is 0.0291 e. The van der Waals surface area contributed by atoms with Gasteiger partial charge in [-0.05, 0) is 42.8 Å². The molecular formula is C17H20BrN. The van der Waals surface area contributed by atoms with Gasteiger partial charge in [0.25, 0.3) is 0 Å². The molecule has 1 nitrogen and oxygen atoms in total. The molecule has 0 aliphatic carbocycles. The van der Waals surface area contributed by atoms with Crippen LogP contribution in [0.3, 0.4) is 0 Å². The fraction of sp³-hybridized carbons (Fsp3) is 0.294. The Labute approximate surface area is 124 Å². The van der Waals surface area contributed by atoms with E-state index in [0.717, 1.165) is 4.47 Å². The summed E-state index contributed by atoms with van der Waals surface area (Å²) in [6, 6.07) is 17.6. The van der Waals surface area contributed by atoms with Crippen molar-refractivity contribution in [2.75, 3.05) is 7.05 Å². The molecule has 0 aromatic heterocycles. The van der Waals surface area contributed by atoms with E-state index < -0.39 is 0 Å². The van der Waals surface area contributed by atoms with Crippen molar-refractivity contribution in [2.24, 2.45) is 0 Å². The zero-order valence-corrected chi connectivity index (χ0v) is 13.2. The van der Waals surface area contributed by atoms with E-state index in [4.69, 9.17) is 0 Å². The van der Waals surface area contributed by atoms with Crippen molar-refractivity contribution < 1.29 is 0 Å². The molecule has 19 heavy (non-hydrogen) atoms. The van der Waals surface area contributed by atoms with Crippen molar-refractivity contribution >= 4 is 15.9 Å². The highest BCUT2D eigenvalue weighted by molar-refractivity contribution is 9.10. The van der Waals surface area contributed by atoms with Crippen molar-refractivity contribution in [3.63, 3.8) is 0 Å². The number of rotatable bonds is 4. The van der Waals surface area contributed by atoms with E-state index in [1.807, 2.05) is 7.05 Å². The molecule has 2 rings (SSSR count). The Morgan fingerprint density at radius 1 is 0.947 bits per heavy atom. The lowest BCUT2D eigenvalue weighted by Crippen LogP contribution is -2.15. The predicted octanol–water partition coefficient (Wildman–Crippen LogP) is 4.88. The van der Waals surface area contributed by atoms with Gasteiger partial charge in [0.05, 0.1) is 0 Å². The van der Waals surface area contributed by atoms with Gasteiger partial charge < -0.3 is 5.32 Å². The summed E-state index contributed by atoms with van der Waals surface area (Å²) in [7, 11) is 2.01. The topological polar surface area (TPSA) is 12.0 Å². The van der Waals surface area contributed by atoms with E-state index in [1.165, 1.54) is 16.7 Å². The van der Waals surface area contributed by atoms with Crippen molar-refractivity contribution in [1.82, 2.24) is 5.32 Å². The maximum Gasteiger partial charge on any atom is 0.0291 e. The van der Waals surface area contributed by atoms with Gasteiger partial charge in [0.15, 0.2) is 0 Å². The van der Waals surface area contributed by atoms with Gasteiger partial charge >= 0.3 is 0 Å². The van der Waals surface area contributed by atoms with Gasteiger partial charge in [-0.15, -0.1) is 0 Å². The van der Waals surface area contributed by atoms with Crippen molar-refractivity contribution in [2.45, 2.75) is 25.8 Å². The monoisotopic (exact) mass is 317 g/mol. The summed E-state index contributed by atoms with van der Waals surface area (Å²) < 4.78 is 1.14. The van der Waals surface area contributed by atoms with Gasteiger partial charge in [-0.2, -0.15) is 0 Å². The summed E-state index contributed by atoms with van der Waals surface area (Å²) in [5, 5.41) is 3.33. The molecule has 100 valence electrons. The first-order valence-electron chi connectivity index (χ1n) is 6.65. The molecular weight excluding hydrogens is 298 g/mol. The molecule has 0 saturated heterocycles. The van der Waals surface area contributed by atoms with E-state index in [9.17, 15) is 0 Å². The zero-order chi connectivity index (χ0) is 13.8. The van der Waals surface area contributed by atoms with Gasteiger partial charge in [0.2, 0.25) is 0 Å². The van der Waals surface area contributed by atoms with Crippen LogP contribution >= 0.6 is 15.9 Å². The fourth-order valence-corrected chi connectivity index (χ4v) is 2.83. The van der Waals surface area contributed by atoms with Gasteiger partial charge in [-0.3, -0.25) is 0 Å². The van der Waals surface area contributed by atoms with E-state index in [0.29, 0.717) is 12.0 Å². The molecule has 2 atom stereocenters. The third-order valence-electron chi connectivity index (χ3n) is 3.71. The second kappa shape index (κ2) is 6.36. The molecule has 0 aliphatic rings. The summed E-state index contributed by atoms with van der Waals surface area (Å²) >= 11 is 3.55. The number of benzene rings is 2. The molecule has 1 N–H and O–H groups in total. The molecule has 2 heteroatoms. The van der Waals surface area contributed by atoms with Crippen LogP contribution in [-0.4, -0.2) is 7.05 Å². The molecule has 0 amide bonds. The maximum absolute atomic E-state index is 3.55. The lowest BCUT2D eigenvalue weighted by molar-refractivity contribution is 0.641. The first-order chi connectivity index (χ1) is 9.13. The van der Waals surface area contributed by atoms with Crippen LogP contribution in [0.25, 0.3) is 0 Å². The standard InChI is InChI=1S/C17H20BrN/c1-12(14-7-6-8-15(18)11-14)16-9-4-5-10-17(16)13(2)19-3/h4-13,19H,1-3H3. The highest BCUT2D eigenvalue weighted by Crippen LogP contribution is 2.31. The van der Waals surface area contributed by atoms with E-state index in [-0.39, 0.29) is 0 Å². The molecule has 0 fully saturated rings. The van der Waals surface area contributed by atoms with Crippen LogP contribution < -0.4 is 5.32 Å². The molecule has 0 radical (unpaired) electrons. The molecule has 0 saturated carbocycles. The second-order valence-electron chi connectivity index (χ2n) is 4.92. The van der Waals surface area contributed by atoms with Crippen molar-refractivity contribution in [3.8, 4) is 0 Å². The molecule has 0 aliphatic heterocycles. The number of hydrogen-bond donors (Lipinski definition) is 1. The summed E-state index contributed by atoms with van der Waals surface area (Å²) in [5.74, 6) is 0.393. The second-order valence-corrected chi connectivity index (χ2v) is 5.83. The molecule has 2 aromatic carbocycles. The minimum atomic E-state index is 0.366.